The van der Waals surface area contributed by atoms with Gasteiger partial charge < -0.3 is 0 Å². The Hall–Kier alpha value is -6.38. The lowest BCUT2D eigenvalue weighted by Gasteiger charge is -2.18. The monoisotopic (exact) mass is 610 g/mol. The summed E-state index contributed by atoms with van der Waals surface area (Å²) in [5, 5.41) is 27.0. The van der Waals surface area contributed by atoms with Crippen LogP contribution in [0.2, 0.25) is 0 Å². The van der Waals surface area contributed by atoms with Crippen molar-refractivity contribution in [1.29, 1.82) is 10.8 Å². The molecule has 0 spiro atoms. The zero-order valence-corrected chi connectivity index (χ0v) is 26.2. The van der Waals surface area contributed by atoms with Crippen LogP contribution >= 0.6 is 0 Å². The smallest absolute Gasteiger partial charge is 0.0867 e. The van der Waals surface area contributed by atoms with E-state index in [0.29, 0.717) is 0 Å². The number of fused-ring (bicyclic) bond motifs is 4. The minimum absolute atomic E-state index is 0.223. The zero-order chi connectivity index (χ0) is 32.2. The molecule has 1 aliphatic rings. The highest BCUT2D eigenvalue weighted by Gasteiger charge is 2.19. The van der Waals surface area contributed by atoms with Crippen LogP contribution in [0.25, 0.3) is 76.5 Å². The van der Waals surface area contributed by atoms with Gasteiger partial charge in [-0.05, 0) is 131 Å². The first-order valence-electron chi connectivity index (χ1n) is 16.2. The highest BCUT2D eigenvalue weighted by Crippen LogP contribution is 2.34. The van der Waals surface area contributed by atoms with Crippen molar-refractivity contribution < 1.29 is 0 Å². The fourth-order valence-electron chi connectivity index (χ4n) is 6.97. The molecule has 2 N–H and O–H groups in total. The molecule has 0 saturated heterocycles. The first-order valence-corrected chi connectivity index (χ1v) is 16.2. The number of hydrogen-bond donors (Lipinski definition) is 2. The summed E-state index contributed by atoms with van der Waals surface area (Å²) in [5.41, 5.74) is 8.93. The lowest BCUT2D eigenvalue weighted by Crippen LogP contribution is -2.15. The van der Waals surface area contributed by atoms with Crippen LogP contribution in [0.1, 0.15) is 11.1 Å². The summed E-state index contributed by atoms with van der Waals surface area (Å²) >= 11 is 0. The van der Waals surface area contributed by atoms with Gasteiger partial charge in [0.1, 0.15) is 0 Å². The van der Waals surface area contributed by atoms with E-state index in [1.165, 1.54) is 49.2 Å². The Morgan fingerprint density at radius 2 is 0.625 bits per heavy atom. The van der Waals surface area contributed by atoms with E-state index in [4.69, 9.17) is 10.8 Å². The van der Waals surface area contributed by atoms with Gasteiger partial charge in [-0.25, -0.2) is 0 Å². The molecule has 48 heavy (non-hydrogen) atoms. The summed E-state index contributed by atoms with van der Waals surface area (Å²) in [6, 6.07) is 56.1. The van der Waals surface area contributed by atoms with Gasteiger partial charge in [0.05, 0.1) is 11.4 Å². The summed E-state index contributed by atoms with van der Waals surface area (Å²) in [6.07, 6.45) is 3.88. The van der Waals surface area contributed by atoms with Gasteiger partial charge in [-0.3, -0.25) is 10.8 Å². The van der Waals surface area contributed by atoms with Crippen molar-refractivity contribution >= 4 is 65.7 Å². The summed E-state index contributed by atoms with van der Waals surface area (Å²) in [7, 11) is 0. The average molecular weight is 611 g/mol. The third-order valence-corrected chi connectivity index (χ3v) is 9.63. The van der Waals surface area contributed by atoms with Crippen molar-refractivity contribution in [3.63, 3.8) is 0 Å². The number of rotatable bonds is 4. The molecule has 8 aromatic rings. The first kappa shape index (κ1) is 27.9. The summed E-state index contributed by atoms with van der Waals surface area (Å²) in [4.78, 5) is 0. The van der Waals surface area contributed by atoms with Crippen molar-refractivity contribution in [2.75, 3.05) is 0 Å². The van der Waals surface area contributed by atoms with Crippen LogP contribution in [-0.2, 0) is 0 Å². The molecule has 0 amide bonds. The van der Waals surface area contributed by atoms with Crippen molar-refractivity contribution in [2.24, 2.45) is 0 Å². The summed E-state index contributed by atoms with van der Waals surface area (Å²) in [6.45, 7) is 0. The van der Waals surface area contributed by atoms with Gasteiger partial charge in [0.15, 0.2) is 0 Å². The number of allylic oxidation sites excluding steroid dienone is 4. The van der Waals surface area contributed by atoms with Crippen molar-refractivity contribution in [2.45, 2.75) is 0 Å². The van der Waals surface area contributed by atoms with E-state index in [2.05, 4.69) is 164 Å². The highest BCUT2D eigenvalue weighted by molar-refractivity contribution is 6.61. The quantitative estimate of drug-likeness (QED) is 0.186. The van der Waals surface area contributed by atoms with Gasteiger partial charge in [-0.15, -0.1) is 0 Å². The van der Waals surface area contributed by atoms with Crippen LogP contribution in [0.4, 0.5) is 0 Å². The van der Waals surface area contributed by atoms with Gasteiger partial charge in [-0.2, -0.15) is 0 Å². The molecule has 0 bridgehead atoms. The molecule has 2 nitrogen and oxygen atoms in total. The maximum atomic E-state index is 8.81. The maximum Gasteiger partial charge on any atom is 0.0867 e. The summed E-state index contributed by atoms with van der Waals surface area (Å²) in [5.74, 6) is 0. The minimum atomic E-state index is 0.223. The minimum Gasteiger partial charge on any atom is -0.299 e. The molecule has 9 rings (SSSR count). The summed E-state index contributed by atoms with van der Waals surface area (Å²) < 4.78 is 0. The Morgan fingerprint density at radius 3 is 1.10 bits per heavy atom. The molecule has 0 heterocycles. The molecule has 0 aliphatic heterocycles. The zero-order valence-electron chi connectivity index (χ0n) is 26.2. The second kappa shape index (κ2) is 11.2. The maximum absolute atomic E-state index is 8.81. The Labute approximate surface area is 279 Å². The molecule has 0 fully saturated rings. The number of hydrogen-bond acceptors (Lipinski definition) is 2. The van der Waals surface area contributed by atoms with E-state index in [9.17, 15) is 0 Å². The standard InChI is InChI=1S/C46H30N2/c47-45-28-43(41-18-17-37-23-35(13-14-38(37)25-41)33-11-9-29-5-1-3-7-31(29)21-33)27-44(46(45)48)42-20-19-39-24-36(15-16-40(39)26-42)34-12-10-30-6-2-4-8-32(30)22-34/h1-28,47-48H. The van der Waals surface area contributed by atoms with Crippen LogP contribution in [0.5, 0.6) is 0 Å². The number of nitrogens with one attached hydrogen (secondary N) is 2. The SMILES string of the molecule is N=C1C=C(c2ccc3cc(-c4ccc5ccccc5c4)ccc3c2)C=C(c2ccc3cc(-c4ccc5ccccc5c4)ccc3c2)C1=N. The Kier molecular flexibility index (Phi) is 6.48. The molecular weight excluding hydrogens is 581 g/mol. The molecule has 8 aromatic carbocycles. The van der Waals surface area contributed by atoms with Gasteiger partial charge in [0.2, 0.25) is 0 Å². The Balaban J connectivity index is 1.03. The lowest BCUT2D eigenvalue weighted by molar-refractivity contribution is 1.48. The third kappa shape index (κ3) is 4.92. The molecule has 0 saturated carbocycles. The Bertz CT molecular complexity index is 2710. The first-order chi connectivity index (χ1) is 23.6. The molecular formula is C46H30N2. The predicted octanol–water partition coefficient (Wildman–Crippen LogP) is 12.2. The van der Waals surface area contributed by atoms with E-state index in [-0.39, 0.29) is 11.4 Å². The fourth-order valence-corrected chi connectivity index (χ4v) is 6.97. The second-order valence-corrected chi connectivity index (χ2v) is 12.6. The van der Waals surface area contributed by atoms with Crippen LogP contribution in [-0.4, -0.2) is 11.4 Å². The second-order valence-electron chi connectivity index (χ2n) is 12.6. The van der Waals surface area contributed by atoms with Gasteiger partial charge in [0.25, 0.3) is 0 Å². The van der Waals surface area contributed by atoms with Crippen molar-refractivity contribution in [3.05, 3.63) is 181 Å². The number of benzene rings is 8. The van der Waals surface area contributed by atoms with Crippen LogP contribution in [0.3, 0.4) is 0 Å². The molecule has 0 atom stereocenters. The van der Waals surface area contributed by atoms with Crippen LogP contribution < -0.4 is 0 Å². The lowest BCUT2D eigenvalue weighted by atomic mass is 9.86. The molecule has 224 valence electrons. The van der Waals surface area contributed by atoms with E-state index >= 15 is 0 Å². The fraction of sp³-hybridized carbons (Fsp3) is 0. The van der Waals surface area contributed by atoms with Crippen molar-refractivity contribution in [1.82, 2.24) is 0 Å². The van der Waals surface area contributed by atoms with Crippen LogP contribution in [0.15, 0.2) is 170 Å². The largest absolute Gasteiger partial charge is 0.299 e. The van der Waals surface area contributed by atoms with Crippen molar-refractivity contribution in [3.8, 4) is 22.3 Å². The van der Waals surface area contributed by atoms with Crippen LogP contribution in [0, 0.1) is 10.8 Å². The van der Waals surface area contributed by atoms with E-state index < -0.39 is 0 Å². The predicted molar refractivity (Wildman–Crippen MR) is 205 cm³/mol. The van der Waals surface area contributed by atoms with Gasteiger partial charge >= 0.3 is 0 Å². The molecule has 2 heteroatoms. The molecule has 1 aliphatic carbocycles. The van der Waals surface area contributed by atoms with Gasteiger partial charge in [-0.1, -0.05) is 121 Å². The van der Waals surface area contributed by atoms with E-state index in [1.807, 2.05) is 6.08 Å². The molecule has 0 aromatic heterocycles. The molecule has 0 radical (unpaired) electrons. The van der Waals surface area contributed by atoms with E-state index in [0.717, 1.165) is 38.4 Å². The Morgan fingerprint density at radius 1 is 0.292 bits per heavy atom. The van der Waals surface area contributed by atoms with Gasteiger partial charge in [0, 0.05) is 5.57 Å². The average Bonchev–Trinajstić information content (AvgIpc) is 3.14. The topological polar surface area (TPSA) is 47.7 Å². The highest BCUT2D eigenvalue weighted by atomic mass is 14.5. The third-order valence-electron chi connectivity index (χ3n) is 9.63. The molecule has 0 unspecified atom stereocenters. The van der Waals surface area contributed by atoms with E-state index in [1.54, 1.807) is 0 Å². The normalized spacial score (nSPS) is 13.3.